The number of nitrogens with one attached hydrogen (secondary N) is 3. The molecule has 1 aliphatic rings. The van der Waals surface area contributed by atoms with Crippen LogP contribution in [0, 0.1) is 0 Å². The number of ether oxygens (including phenoxy) is 1. The molecule has 7 heteroatoms. The first kappa shape index (κ1) is 11.4. The highest BCUT2D eigenvalue weighted by atomic mass is 16.5. The lowest BCUT2D eigenvalue weighted by Crippen LogP contribution is -3.00. The van der Waals surface area contributed by atoms with Gasteiger partial charge in [-0.15, -0.1) is 0 Å². The number of quaternary nitrogens is 1. The Hall–Kier alpha value is -2.67. The van der Waals surface area contributed by atoms with E-state index in [-0.39, 0.29) is 5.69 Å². The van der Waals surface area contributed by atoms with Crippen LogP contribution in [0.4, 0.5) is 17.2 Å². The molecule has 96 valence electrons. The molecule has 1 atom stereocenters. The maximum atomic E-state index is 11.6. The van der Waals surface area contributed by atoms with Gasteiger partial charge >= 0.3 is 5.69 Å². The van der Waals surface area contributed by atoms with Gasteiger partial charge in [0.25, 0.3) is 11.4 Å². The number of nitrogens with zero attached hydrogens (tertiary/aromatic N) is 1. The minimum Gasteiger partial charge on any atom is -0.497 e. The Morgan fingerprint density at radius 2 is 1.89 bits per heavy atom. The first-order valence-corrected chi connectivity index (χ1v) is 5.61. The van der Waals surface area contributed by atoms with E-state index in [2.05, 4.69) is 15.0 Å². The van der Waals surface area contributed by atoms with Crippen LogP contribution < -0.4 is 20.9 Å². The second kappa shape index (κ2) is 4.21. The number of aromatic nitrogens is 2. The highest BCUT2D eigenvalue weighted by Gasteiger charge is 2.27. The van der Waals surface area contributed by atoms with Gasteiger partial charge in [-0.3, -0.25) is 14.8 Å². The Kier molecular flexibility index (Phi) is 2.53. The Bertz CT molecular complexity index is 758. The van der Waals surface area contributed by atoms with Gasteiger partial charge in [-0.2, -0.15) is 4.99 Å². The van der Waals surface area contributed by atoms with Crippen molar-refractivity contribution in [2.45, 2.75) is 0 Å². The van der Waals surface area contributed by atoms with Crippen LogP contribution in [0.1, 0.15) is 0 Å². The summed E-state index contributed by atoms with van der Waals surface area (Å²) in [7, 11) is 1.59. The molecule has 19 heavy (non-hydrogen) atoms. The highest BCUT2D eigenvalue weighted by molar-refractivity contribution is 5.71. The lowest BCUT2D eigenvalue weighted by Gasteiger charge is -2.08. The summed E-state index contributed by atoms with van der Waals surface area (Å²) in [5, 5.41) is 0. The molecule has 0 aliphatic carbocycles. The van der Waals surface area contributed by atoms with E-state index in [9.17, 15) is 9.59 Å². The number of aromatic amines is 2. The van der Waals surface area contributed by atoms with Gasteiger partial charge in [0.2, 0.25) is 12.0 Å². The molecule has 1 aromatic carbocycles. The van der Waals surface area contributed by atoms with Gasteiger partial charge in [0.1, 0.15) is 11.4 Å². The smallest absolute Gasteiger partial charge is 0.330 e. The zero-order valence-corrected chi connectivity index (χ0v) is 10.1. The fraction of sp³-hybridized carbons (Fsp3) is 0.0833. The highest BCUT2D eigenvalue weighted by Crippen LogP contribution is 2.18. The predicted octanol–water partition coefficient (Wildman–Crippen LogP) is -0.407. The van der Waals surface area contributed by atoms with E-state index in [4.69, 9.17) is 4.74 Å². The summed E-state index contributed by atoms with van der Waals surface area (Å²) in [5.41, 5.74) is 0.0498. The minimum absolute atomic E-state index is 0.227. The Labute approximate surface area is 107 Å². The summed E-state index contributed by atoms with van der Waals surface area (Å²) >= 11 is 0. The number of H-pyrrole nitrogens is 2. The summed E-state index contributed by atoms with van der Waals surface area (Å²) in [5.74, 6) is 1.18. The van der Waals surface area contributed by atoms with Crippen molar-refractivity contribution in [3.63, 3.8) is 0 Å². The number of hydrogen-bond acceptors (Lipinski definition) is 4. The number of methoxy groups -OCH3 is 1. The fourth-order valence-electron chi connectivity index (χ4n) is 1.98. The maximum absolute atomic E-state index is 11.6. The second-order valence-corrected chi connectivity index (χ2v) is 4.03. The predicted molar refractivity (Wildman–Crippen MR) is 69.1 cm³/mol. The number of rotatable bonds is 2. The van der Waals surface area contributed by atoms with E-state index in [1.165, 1.54) is 0 Å². The Morgan fingerprint density at radius 3 is 2.58 bits per heavy atom. The van der Waals surface area contributed by atoms with Crippen LogP contribution in [-0.4, -0.2) is 23.4 Å². The number of fused-ring (bicyclic) bond motifs is 1. The van der Waals surface area contributed by atoms with Crippen molar-refractivity contribution in [2.75, 3.05) is 7.11 Å². The van der Waals surface area contributed by atoms with Crippen molar-refractivity contribution in [1.82, 2.24) is 9.97 Å². The monoisotopic (exact) mass is 259 g/mol. The normalized spacial score (nSPS) is 16.4. The van der Waals surface area contributed by atoms with Crippen LogP contribution in [0.15, 0.2) is 38.8 Å². The van der Waals surface area contributed by atoms with Gasteiger partial charge in [-0.05, 0) is 12.1 Å². The van der Waals surface area contributed by atoms with Crippen molar-refractivity contribution >= 4 is 23.5 Å². The van der Waals surface area contributed by atoms with Crippen LogP contribution in [-0.2, 0) is 0 Å². The molecule has 2 heterocycles. The fourth-order valence-corrected chi connectivity index (χ4v) is 1.98. The zero-order valence-electron chi connectivity index (χ0n) is 10.1. The topological polar surface area (TPSA) is 91.8 Å². The SMILES string of the molecule is COc1ccc([NH+]2C=Nc3c2[nH]c(=O)[nH]c3=O)cc1. The van der Waals surface area contributed by atoms with Crippen LogP contribution in [0.5, 0.6) is 5.75 Å². The first-order valence-electron chi connectivity index (χ1n) is 5.61. The van der Waals surface area contributed by atoms with E-state index >= 15 is 0 Å². The van der Waals surface area contributed by atoms with Gasteiger partial charge in [0.05, 0.1) is 7.11 Å². The molecule has 3 N–H and O–H groups in total. The molecule has 3 rings (SSSR count). The minimum atomic E-state index is -0.541. The van der Waals surface area contributed by atoms with Gasteiger partial charge in [0.15, 0.2) is 0 Å². The van der Waals surface area contributed by atoms with Crippen molar-refractivity contribution in [2.24, 2.45) is 4.99 Å². The molecule has 0 amide bonds. The standard InChI is InChI=1S/C12H10N4O3/c1-19-8-4-2-7(3-5-8)16-6-13-9-10(16)14-12(18)15-11(9)17/h2-6H,1H3,(H2,14,15,17,18)/p+1. The third-order valence-electron chi connectivity index (χ3n) is 2.91. The zero-order chi connectivity index (χ0) is 13.4. The van der Waals surface area contributed by atoms with Gasteiger partial charge in [-0.1, -0.05) is 0 Å². The largest absolute Gasteiger partial charge is 0.497 e. The van der Waals surface area contributed by atoms with Crippen molar-refractivity contribution < 1.29 is 9.64 Å². The van der Waals surface area contributed by atoms with Crippen LogP contribution in [0.2, 0.25) is 0 Å². The molecule has 0 bridgehead atoms. The van der Waals surface area contributed by atoms with Crippen molar-refractivity contribution in [3.05, 3.63) is 45.1 Å². The van der Waals surface area contributed by atoms with Gasteiger partial charge < -0.3 is 4.74 Å². The molecule has 1 aromatic heterocycles. The lowest BCUT2D eigenvalue weighted by atomic mass is 10.3. The van der Waals surface area contributed by atoms with E-state index < -0.39 is 11.2 Å². The second-order valence-electron chi connectivity index (χ2n) is 4.03. The molecule has 0 spiro atoms. The Morgan fingerprint density at radius 1 is 1.16 bits per heavy atom. The molecule has 1 aliphatic heterocycles. The third-order valence-corrected chi connectivity index (χ3v) is 2.91. The number of hydrogen-bond donors (Lipinski definition) is 3. The van der Waals surface area contributed by atoms with Crippen LogP contribution >= 0.6 is 0 Å². The van der Waals surface area contributed by atoms with E-state index in [1.807, 2.05) is 12.1 Å². The van der Waals surface area contributed by atoms with Crippen molar-refractivity contribution in [3.8, 4) is 5.75 Å². The van der Waals surface area contributed by atoms with Gasteiger partial charge in [-0.25, -0.2) is 9.69 Å². The van der Waals surface area contributed by atoms with Crippen molar-refractivity contribution in [1.29, 1.82) is 0 Å². The molecular weight excluding hydrogens is 248 g/mol. The molecule has 0 saturated carbocycles. The maximum Gasteiger partial charge on any atom is 0.330 e. The summed E-state index contributed by atoms with van der Waals surface area (Å²) < 4.78 is 5.08. The quantitative estimate of drug-likeness (QED) is 0.685. The molecular formula is C12H11N4O3+. The van der Waals surface area contributed by atoms with E-state index in [0.717, 1.165) is 11.4 Å². The molecule has 0 fully saturated rings. The van der Waals surface area contributed by atoms with Gasteiger partial charge in [0, 0.05) is 12.1 Å². The number of benzene rings is 1. The summed E-state index contributed by atoms with van der Waals surface area (Å²) in [4.78, 5) is 32.4. The molecule has 1 unspecified atom stereocenters. The van der Waals surface area contributed by atoms with E-state index in [0.29, 0.717) is 10.7 Å². The average Bonchev–Trinajstić information content (AvgIpc) is 2.83. The Balaban J connectivity index is 2.09. The third kappa shape index (κ3) is 1.85. The molecule has 0 radical (unpaired) electrons. The molecule has 2 aromatic rings. The molecule has 0 saturated heterocycles. The first-order chi connectivity index (χ1) is 9.19. The summed E-state index contributed by atoms with van der Waals surface area (Å²) in [6, 6.07) is 7.29. The lowest BCUT2D eigenvalue weighted by molar-refractivity contribution is -0.641. The molecule has 7 nitrogen and oxygen atoms in total. The average molecular weight is 259 g/mol. The van der Waals surface area contributed by atoms with Crippen LogP contribution in [0.3, 0.4) is 0 Å². The summed E-state index contributed by atoms with van der Waals surface area (Å²) in [6.45, 7) is 0. The van der Waals surface area contributed by atoms with E-state index in [1.54, 1.807) is 25.6 Å². The number of aliphatic imine (C=N–C) groups is 1. The van der Waals surface area contributed by atoms with Crippen LogP contribution in [0.25, 0.3) is 0 Å². The summed E-state index contributed by atoms with van der Waals surface area (Å²) in [6.07, 6.45) is 1.57.